The largest absolute Gasteiger partial charge is 0.348 e. The topological polar surface area (TPSA) is 101 Å². The van der Waals surface area contributed by atoms with E-state index in [0.717, 1.165) is 16.5 Å². The van der Waals surface area contributed by atoms with Gasteiger partial charge in [0.25, 0.3) is 11.6 Å². The number of hydrogen-bond donors (Lipinski definition) is 2. The van der Waals surface area contributed by atoms with Gasteiger partial charge in [0.15, 0.2) is 0 Å². The summed E-state index contributed by atoms with van der Waals surface area (Å²) in [5, 5.41) is 16.4. The van der Waals surface area contributed by atoms with Crippen LogP contribution in [0.3, 0.4) is 0 Å². The van der Waals surface area contributed by atoms with E-state index >= 15 is 0 Å². The maximum Gasteiger partial charge on any atom is 0.270 e. The Morgan fingerprint density at radius 3 is 2.28 bits per heavy atom. The summed E-state index contributed by atoms with van der Waals surface area (Å²) < 4.78 is 0. The van der Waals surface area contributed by atoms with Crippen molar-refractivity contribution in [2.45, 2.75) is 46.7 Å². The van der Waals surface area contributed by atoms with Crippen LogP contribution in [0.15, 0.2) is 24.3 Å². The third-order valence-electron chi connectivity index (χ3n) is 4.55. The van der Waals surface area contributed by atoms with Gasteiger partial charge in [-0.3, -0.25) is 19.7 Å². The molecular weight excluding hydrogens is 414 g/mol. The highest BCUT2D eigenvalue weighted by Gasteiger charge is 2.27. The highest BCUT2D eigenvalue weighted by atomic mass is 35.5. The van der Waals surface area contributed by atoms with Gasteiger partial charge in [0.2, 0.25) is 5.91 Å². The van der Waals surface area contributed by atoms with E-state index in [1.807, 2.05) is 40.7 Å². The zero-order chi connectivity index (χ0) is 21.9. The van der Waals surface area contributed by atoms with Gasteiger partial charge in [-0.25, -0.2) is 0 Å². The number of halogens is 1. The van der Waals surface area contributed by atoms with E-state index in [0.29, 0.717) is 0 Å². The fraction of sp³-hybridized carbons (Fsp3) is 0.400. The molecule has 0 bridgehead atoms. The monoisotopic (exact) mass is 437 g/mol. The Hall–Kier alpha value is -2.45. The van der Waals surface area contributed by atoms with Crippen LogP contribution in [0.25, 0.3) is 0 Å². The fourth-order valence-electron chi connectivity index (χ4n) is 3.02. The molecule has 2 rings (SSSR count). The summed E-state index contributed by atoms with van der Waals surface area (Å²) in [6.45, 7) is 9.58. The lowest BCUT2D eigenvalue weighted by molar-refractivity contribution is -0.384. The lowest BCUT2D eigenvalue weighted by atomic mass is 10.0. The number of nitrogens with zero attached hydrogens (tertiary/aromatic N) is 1. The molecule has 156 valence electrons. The van der Waals surface area contributed by atoms with Gasteiger partial charge >= 0.3 is 0 Å². The molecular formula is C20H24ClN3O4S. The summed E-state index contributed by atoms with van der Waals surface area (Å²) in [7, 11) is 0. The van der Waals surface area contributed by atoms with Gasteiger partial charge in [-0.05, 0) is 44.4 Å². The van der Waals surface area contributed by atoms with E-state index in [9.17, 15) is 19.7 Å². The molecule has 7 nitrogen and oxygen atoms in total. The van der Waals surface area contributed by atoms with Crippen molar-refractivity contribution in [3.05, 3.63) is 60.3 Å². The molecule has 0 aliphatic carbocycles. The molecule has 2 amide bonds. The van der Waals surface area contributed by atoms with E-state index in [4.69, 9.17) is 11.6 Å². The molecule has 0 fully saturated rings. The molecule has 0 aliphatic heterocycles. The highest BCUT2D eigenvalue weighted by Crippen LogP contribution is 2.26. The van der Waals surface area contributed by atoms with Gasteiger partial charge in [0.1, 0.15) is 6.04 Å². The van der Waals surface area contributed by atoms with Gasteiger partial charge in [0, 0.05) is 21.9 Å². The first-order valence-corrected chi connectivity index (χ1v) is 10.3. The minimum Gasteiger partial charge on any atom is -0.348 e. The summed E-state index contributed by atoms with van der Waals surface area (Å²) in [4.78, 5) is 38.0. The first-order valence-electron chi connectivity index (χ1n) is 9.13. The maximum atomic E-state index is 12.8. The Morgan fingerprint density at radius 1 is 1.14 bits per heavy atom. The number of rotatable bonds is 7. The molecule has 0 unspecified atom stereocenters. The van der Waals surface area contributed by atoms with Crippen molar-refractivity contribution in [2.75, 3.05) is 0 Å². The maximum absolute atomic E-state index is 12.8. The lowest BCUT2D eigenvalue weighted by Crippen LogP contribution is -2.50. The van der Waals surface area contributed by atoms with Gasteiger partial charge in [-0.2, -0.15) is 0 Å². The molecule has 2 atom stereocenters. The zero-order valence-electron chi connectivity index (χ0n) is 16.9. The SMILES string of the molecule is Cc1cc([C@@H](C)NC(=O)[C@@H](NC(=O)c2ccc([N+](=O)[O-])cc2Cl)C(C)C)c(C)s1. The number of nitrogens with one attached hydrogen (secondary N) is 2. The number of thiophene rings is 1. The van der Waals surface area contributed by atoms with Crippen LogP contribution in [-0.2, 0) is 4.79 Å². The first-order chi connectivity index (χ1) is 13.5. The molecule has 0 aliphatic rings. The molecule has 2 aromatic rings. The van der Waals surface area contributed by atoms with Crippen LogP contribution in [0.1, 0.15) is 52.5 Å². The molecule has 0 radical (unpaired) electrons. The van der Waals surface area contributed by atoms with Crippen LogP contribution >= 0.6 is 22.9 Å². The number of amides is 2. The molecule has 0 spiro atoms. The first kappa shape index (κ1) is 22.8. The zero-order valence-corrected chi connectivity index (χ0v) is 18.5. The van der Waals surface area contributed by atoms with E-state index in [1.54, 1.807) is 11.3 Å². The van der Waals surface area contributed by atoms with Gasteiger partial charge in [0.05, 0.1) is 21.6 Å². The third-order valence-corrected chi connectivity index (χ3v) is 5.84. The van der Waals surface area contributed by atoms with Crippen molar-refractivity contribution < 1.29 is 14.5 Å². The number of nitro benzene ring substituents is 1. The Morgan fingerprint density at radius 2 is 1.79 bits per heavy atom. The molecule has 0 saturated carbocycles. The van der Waals surface area contributed by atoms with E-state index in [2.05, 4.69) is 10.6 Å². The average Bonchev–Trinajstić information content (AvgIpc) is 2.97. The van der Waals surface area contributed by atoms with Crippen molar-refractivity contribution >= 4 is 40.4 Å². The smallest absolute Gasteiger partial charge is 0.270 e. The number of carbonyl (C=O) groups excluding carboxylic acids is 2. The number of non-ortho nitro benzene ring substituents is 1. The van der Waals surface area contributed by atoms with Crippen molar-refractivity contribution in [3.63, 3.8) is 0 Å². The minimum atomic E-state index is -0.781. The van der Waals surface area contributed by atoms with Gasteiger partial charge < -0.3 is 10.6 Å². The van der Waals surface area contributed by atoms with E-state index < -0.39 is 16.9 Å². The Labute approximate surface area is 178 Å². The molecule has 0 saturated heterocycles. The van der Waals surface area contributed by atoms with Crippen LogP contribution in [-0.4, -0.2) is 22.8 Å². The molecule has 1 aromatic heterocycles. The van der Waals surface area contributed by atoms with Crippen molar-refractivity contribution in [2.24, 2.45) is 5.92 Å². The van der Waals surface area contributed by atoms with Crippen molar-refractivity contribution in [3.8, 4) is 0 Å². The van der Waals surface area contributed by atoms with Gasteiger partial charge in [-0.15, -0.1) is 11.3 Å². The van der Waals surface area contributed by atoms with Crippen LogP contribution in [0.5, 0.6) is 0 Å². The highest BCUT2D eigenvalue weighted by molar-refractivity contribution is 7.12. The van der Waals surface area contributed by atoms with E-state index in [1.165, 1.54) is 17.0 Å². The second-order valence-electron chi connectivity index (χ2n) is 7.22. The van der Waals surface area contributed by atoms with Crippen LogP contribution in [0, 0.1) is 29.9 Å². The Kier molecular flexibility index (Phi) is 7.37. The third kappa shape index (κ3) is 5.55. The molecule has 2 N–H and O–H groups in total. The minimum absolute atomic E-state index is 0.0441. The summed E-state index contributed by atoms with van der Waals surface area (Å²) >= 11 is 7.70. The van der Waals surface area contributed by atoms with Crippen LogP contribution in [0.4, 0.5) is 5.69 Å². The summed E-state index contributed by atoms with van der Waals surface area (Å²) in [6, 6.07) is 4.67. The lowest BCUT2D eigenvalue weighted by Gasteiger charge is -2.24. The normalized spacial score (nSPS) is 13.1. The predicted octanol–water partition coefficient (Wildman–Crippen LogP) is 4.56. The second-order valence-corrected chi connectivity index (χ2v) is 9.08. The molecule has 9 heteroatoms. The Bertz CT molecular complexity index is 942. The fourth-order valence-corrected chi connectivity index (χ4v) is 4.30. The number of nitro groups is 1. The number of hydrogen-bond acceptors (Lipinski definition) is 5. The van der Waals surface area contributed by atoms with Crippen LogP contribution in [0.2, 0.25) is 5.02 Å². The summed E-state index contributed by atoms with van der Waals surface area (Å²) in [5.41, 5.74) is 0.918. The Balaban J connectivity index is 2.15. The van der Waals surface area contributed by atoms with Crippen molar-refractivity contribution in [1.29, 1.82) is 0 Å². The van der Waals surface area contributed by atoms with Crippen LogP contribution < -0.4 is 10.6 Å². The number of carbonyl (C=O) groups is 2. The van der Waals surface area contributed by atoms with E-state index in [-0.39, 0.29) is 34.1 Å². The quantitative estimate of drug-likeness (QED) is 0.489. The summed E-state index contributed by atoms with van der Waals surface area (Å²) in [6.07, 6.45) is 0. The van der Waals surface area contributed by atoms with Gasteiger partial charge in [-0.1, -0.05) is 25.4 Å². The molecule has 1 aromatic carbocycles. The predicted molar refractivity (Wildman–Crippen MR) is 115 cm³/mol. The summed E-state index contributed by atoms with van der Waals surface area (Å²) in [5.74, 6) is -1.04. The number of benzene rings is 1. The molecule has 1 heterocycles. The average molecular weight is 438 g/mol. The van der Waals surface area contributed by atoms with Crippen molar-refractivity contribution in [1.82, 2.24) is 10.6 Å². The molecule has 29 heavy (non-hydrogen) atoms. The number of aryl methyl sites for hydroxylation is 2. The second kappa shape index (κ2) is 9.37. The standard InChI is InChI=1S/C20H24ClN3O4S/c1-10(2)18(20(26)22-12(4)16-8-11(3)29-13(16)5)23-19(25)15-7-6-14(24(27)28)9-17(15)21/h6-10,12,18H,1-5H3,(H,22,26)(H,23,25)/t12-,18+/m1/s1.